The molecule has 0 amide bonds. The lowest BCUT2D eigenvalue weighted by molar-refractivity contribution is 1.79. The zero-order valence-electron chi connectivity index (χ0n) is 5.43. The maximum absolute atomic E-state index is 4.22. The summed E-state index contributed by atoms with van der Waals surface area (Å²) < 4.78 is 4.22. The highest BCUT2D eigenvalue weighted by atomic mass is 32.3. The van der Waals surface area contributed by atoms with Crippen molar-refractivity contribution in [3.05, 3.63) is 0 Å². The fourth-order valence-electron chi connectivity index (χ4n) is 0.316. The van der Waals surface area contributed by atoms with Crippen molar-refractivity contribution in [2.45, 2.75) is 6.92 Å². The summed E-state index contributed by atoms with van der Waals surface area (Å²) in [4.78, 5) is 0. The van der Waals surface area contributed by atoms with Gasteiger partial charge in [0, 0.05) is 6.21 Å². The molecule has 0 atom stereocenters. The van der Waals surface area contributed by atoms with Crippen LogP contribution in [-0.4, -0.2) is 25.0 Å². The quantitative estimate of drug-likeness (QED) is 0.466. The zero-order valence-corrected chi connectivity index (χ0v) is 6.25. The van der Waals surface area contributed by atoms with Crippen molar-refractivity contribution in [2.75, 3.05) is 18.8 Å². The Hall–Kier alpha value is 0.0200. The molecule has 0 bridgehead atoms. The average Bonchev–Trinajstić information content (AvgIpc) is 1.30. The predicted octanol–water partition coefficient (Wildman–Crippen LogP) is 1.69. The van der Waals surface area contributed by atoms with Crippen molar-refractivity contribution in [1.82, 2.24) is 0 Å². The summed E-state index contributed by atoms with van der Waals surface area (Å²) in [6.07, 6.45) is 8.35. The molecule has 0 saturated carbocycles. The van der Waals surface area contributed by atoms with Gasteiger partial charge < -0.3 is 0 Å². The van der Waals surface area contributed by atoms with Crippen molar-refractivity contribution in [3.63, 3.8) is 0 Å². The van der Waals surface area contributed by atoms with E-state index in [2.05, 4.69) is 23.2 Å². The van der Waals surface area contributed by atoms with Gasteiger partial charge in [-0.1, -0.05) is 0 Å². The van der Waals surface area contributed by atoms with Crippen LogP contribution in [0.1, 0.15) is 6.92 Å². The molecule has 0 spiro atoms. The predicted molar refractivity (Wildman–Crippen MR) is 39.5 cm³/mol. The molecule has 0 radical (unpaired) electrons. The molecule has 2 heteroatoms. The first kappa shape index (κ1) is 7.02. The average molecular weight is 119 g/mol. The highest BCUT2D eigenvalue weighted by Gasteiger charge is 1.93. The molecule has 0 aromatic carbocycles. The van der Waals surface area contributed by atoms with Gasteiger partial charge in [0.2, 0.25) is 0 Å². The first-order valence-electron chi connectivity index (χ1n) is 2.24. The molecule has 0 rings (SSSR count). The van der Waals surface area contributed by atoms with E-state index in [9.17, 15) is 0 Å². The van der Waals surface area contributed by atoms with Crippen LogP contribution in [0.5, 0.6) is 0 Å². The van der Waals surface area contributed by atoms with Gasteiger partial charge in [-0.15, -0.1) is 0 Å². The molecule has 0 aromatic heterocycles. The Labute approximate surface area is 47.3 Å². The van der Waals surface area contributed by atoms with Crippen LogP contribution in [0.25, 0.3) is 0 Å². The normalized spacial score (nSPS) is 15.4. The van der Waals surface area contributed by atoms with Gasteiger partial charge in [0.1, 0.15) is 0 Å². The van der Waals surface area contributed by atoms with Crippen LogP contribution in [0.4, 0.5) is 0 Å². The van der Waals surface area contributed by atoms with Crippen LogP contribution in [0.2, 0.25) is 0 Å². The molecule has 7 heavy (non-hydrogen) atoms. The number of nitrogens with zero attached hydrogens (tertiary/aromatic N) is 1. The second-order valence-electron chi connectivity index (χ2n) is 2.14. The van der Waals surface area contributed by atoms with Crippen LogP contribution in [-0.2, 0) is 0 Å². The first-order chi connectivity index (χ1) is 3.06. The maximum Gasteiger partial charge on any atom is 0.00754 e. The van der Waals surface area contributed by atoms with Crippen LogP contribution in [0.3, 0.4) is 0 Å². The topological polar surface area (TPSA) is 12.4 Å². The number of hydrogen-bond donors (Lipinski definition) is 0. The van der Waals surface area contributed by atoms with Crippen molar-refractivity contribution >= 4 is 16.4 Å². The van der Waals surface area contributed by atoms with E-state index in [0.717, 1.165) is 0 Å². The molecule has 0 aliphatic carbocycles. The van der Waals surface area contributed by atoms with Gasteiger partial charge in [-0.05, 0) is 25.7 Å². The molecule has 0 N–H and O–H groups in total. The van der Waals surface area contributed by atoms with Crippen molar-refractivity contribution < 1.29 is 0 Å². The van der Waals surface area contributed by atoms with Gasteiger partial charge in [-0.25, -0.2) is 0 Å². The van der Waals surface area contributed by atoms with E-state index >= 15 is 0 Å². The Morgan fingerprint density at radius 3 is 1.71 bits per heavy atom. The summed E-state index contributed by atoms with van der Waals surface area (Å²) in [5.41, 5.74) is 0. The summed E-state index contributed by atoms with van der Waals surface area (Å²) in [5.74, 6) is 0. The van der Waals surface area contributed by atoms with Crippen molar-refractivity contribution in [3.8, 4) is 0 Å². The Morgan fingerprint density at radius 1 is 1.29 bits per heavy atom. The molecule has 0 aromatic rings. The number of rotatable bonds is 1. The lowest BCUT2D eigenvalue weighted by Gasteiger charge is -2.17. The second-order valence-corrected chi connectivity index (χ2v) is 5.89. The van der Waals surface area contributed by atoms with E-state index in [1.165, 1.54) is 0 Å². The Morgan fingerprint density at radius 2 is 1.71 bits per heavy atom. The highest BCUT2D eigenvalue weighted by Crippen LogP contribution is 2.35. The van der Waals surface area contributed by atoms with Gasteiger partial charge in [0.25, 0.3) is 0 Å². The van der Waals surface area contributed by atoms with E-state index in [0.29, 0.717) is 0 Å². The molecule has 0 heterocycles. The van der Waals surface area contributed by atoms with Crippen molar-refractivity contribution in [1.29, 1.82) is 0 Å². The van der Waals surface area contributed by atoms with Crippen LogP contribution < -0.4 is 0 Å². The summed E-state index contributed by atoms with van der Waals surface area (Å²) in [5, 5.41) is 0. The lowest BCUT2D eigenvalue weighted by atomic mass is 10.9. The van der Waals surface area contributed by atoms with E-state index < -0.39 is 10.2 Å². The number of hydrogen-bond acceptors (Lipinski definition) is 1. The SMILES string of the molecule is C/C=N/S(C)(C)C. The molecular weight excluding hydrogens is 106 g/mol. The Kier molecular flexibility index (Phi) is 2.37. The van der Waals surface area contributed by atoms with Gasteiger partial charge >= 0.3 is 0 Å². The fourth-order valence-corrected chi connectivity index (χ4v) is 0.949. The molecule has 1 nitrogen and oxygen atoms in total. The summed E-state index contributed by atoms with van der Waals surface area (Å²) in [6, 6.07) is 0. The summed E-state index contributed by atoms with van der Waals surface area (Å²) in [7, 11) is -0.605. The third-order valence-electron chi connectivity index (χ3n) is 0.422. The van der Waals surface area contributed by atoms with E-state index in [4.69, 9.17) is 0 Å². The van der Waals surface area contributed by atoms with Gasteiger partial charge in [-0.2, -0.15) is 10.2 Å². The Bertz CT molecular complexity index is 70.6. The van der Waals surface area contributed by atoms with Gasteiger partial charge in [0.15, 0.2) is 0 Å². The minimum atomic E-state index is -0.605. The smallest absolute Gasteiger partial charge is 0.00754 e. The fraction of sp³-hybridized carbons (Fsp3) is 0.800. The third kappa shape index (κ3) is 6.02. The highest BCUT2D eigenvalue weighted by molar-refractivity contribution is 8.31. The van der Waals surface area contributed by atoms with Crippen LogP contribution in [0, 0.1) is 0 Å². The standard InChI is InChI=1S/C5H13NS/c1-5-6-7(2,3)4/h5H,1-4H3/b6-5+. The lowest BCUT2D eigenvalue weighted by Crippen LogP contribution is -1.83. The molecule has 0 unspecified atom stereocenters. The van der Waals surface area contributed by atoms with Crippen LogP contribution >= 0.6 is 10.2 Å². The molecule has 44 valence electrons. The molecule has 0 fully saturated rings. The molecule has 0 aliphatic heterocycles. The van der Waals surface area contributed by atoms with E-state index in [1.807, 2.05) is 13.1 Å². The largest absolute Gasteiger partial charge is 0.251 e. The van der Waals surface area contributed by atoms with Gasteiger partial charge in [-0.3, -0.25) is 4.40 Å². The third-order valence-corrected chi connectivity index (χ3v) is 1.26. The summed E-state index contributed by atoms with van der Waals surface area (Å²) in [6.45, 7) is 1.96. The molecular formula is C5H13NS. The van der Waals surface area contributed by atoms with Crippen LogP contribution in [0.15, 0.2) is 4.40 Å². The maximum atomic E-state index is 4.22. The minimum Gasteiger partial charge on any atom is -0.251 e. The first-order valence-corrected chi connectivity index (χ1v) is 5.06. The van der Waals surface area contributed by atoms with Crippen molar-refractivity contribution in [2.24, 2.45) is 4.40 Å². The summed E-state index contributed by atoms with van der Waals surface area (Å²) >= 11 is 0. The Balaban J connectivity index is 3.56. The van der Waals surface area contributed by atoms with Gasteiger partial charge in [0.05, 0.1) is 0 Å². The molecule has 0 saturated heterocycles. The molecule has 0 aliphatic rings. The van der Waals surface area contributed by atoms with E-state index in [-0.39, 0.29) is 0 Å². The minimum absolute atomic E-state index is 0.605. The zero-order chi connectivity index (χ0) is 5.91. The van der Waals surface area contributed by atoms with E-state index in [1.54, 1.807) is 0 Å². The second kappa shape index (κ2) is 2.36. The monoisotopic (exact) mass is 119 g/mol.